The molecule has 1 heterocycles. The molecule has 0 bridgehead atoms. The summed E-state index contributed by atoms with van der Waals surface area (Å²) >= 11 is 0. The monoisotopic (exact) mass is 282 g/mol. The number of carbonyl (C=O) groups excluding carboxylic acids is 2. The summed E-state index contributed by atoms with van der Waals surface area (Å²) in [7, 11) is 1.62. The van der Waals surface area contributed by atoms with Gasteiger partial charge in [-0.25, -0.2) is 0 Å². The van der Waals surface area contributed by atoms with Crippen LogP contribution in [0.1, 0.15) is 34.7 Å². The Morgan fingerprint density at radius 3 is 2.60 bits per heavy atom. The summed E-state index contributed by atoms with van der Waals surface area (Å²) in [6.45, 7) is 5.04. The van der Waals surface area contributed by atoms with Crippen molar-refractivity contribution in [1.29, 1.82) is 0 Å². The Kier molecular flexibility index (Phi) is 6.79. The molecule has 1 aromatic rings. The fraction of sp³-hybridized carbons (Fsp3) is 0.571. The summed E-state index contributed by atoms with van der Waals surface area (Å²) in [4.78, 5) is 23.3. The molecule has 0 saturated heterocycles. The van der Waals surface area contributed by atoms with E-state index in [4.69, 9.17) is 9.15 Å². The Morgan fingerprint density at radius 1 is 1.25 bits per heavy atom. The zero-order chi connectivity index (χ0) is 15.0. The molecule has 6 nitrogen and oxygen atoms in total. The Bertz CT molecular complexity index is 454. The van der Waals surface area contributed by atoms with Crippen molar-refractivity contribution >= 4 is 11.8 Å². The topological polar surface area (TPSA) is 80.6 Å². The van der Waals surface area contributed by atoms with Crippen LogP contribution in [0.5, 0.6) is 0 Å². The number of hydrogen-bond acceptors (Lipinski definition) is 4. The van der Waals surface area contributed by atoms with E-state index in [1.807, 2.05) is 0 Å². The van der Waals surface area contributed by atoms with E-state index in [0.29, 0.717) is 36.8 Å². The lowest BCUT2D eigenvalue weighted by Crippen LogP contribution is -2.31. The van der Waals surface area contributed by atoms with Gasteiger partial charge in [-0.1, -0.05) is 0 Å². The SMILES string of the molecule is COCCCNC(=O)CCNC(=O)c1cc(C)oc1C. The largest absolute Gasteiger partial charge is 0.466 e. The molecular weight excluding hydrogens is 260 g/mol. The Morgan fingerprint density at radius 2 is 2.00 bits per heavy atom. The van der Waals surface area contributed by atoms with Crippen molar-refractivity contribution < 1.29 is 18.7 Å². The highest BCUT2D eigenvalue weighted by molar-refractivity contribution is 5.95. The molecule has 0 atom stereocenters. The quantitative estimate of drug-likeness (QED) is 0.701. The van der Waals surface area contributed by atoms with E-state index in [0.717, 1.165) is 6.42 Å². The van der Waals surface area contributed by atoms with Gasteiger partial charge in [-0.15, -0.1) is 0 Å². The van der Waals surface area contributed by atoms with E-state index < -0.39 is 0 Å². The Labute approximate surface area is 118 Å². The van der Waals surface area contributed by atoms with E-state index in [1.54, 1.807) is 27.0 Å². The normalized spacial score (nSPS) is 10.3. The van der Waals surface area contributed by atoms with E-state index in [2.05, 4.69) is 10.6 Å². The van der Waals surface area contributed by atoms with Crippen LogP contribution in [0.4, 0.5) is 0 Å². The summed E-state index contributed by atoms with van der Waals surface area (Å²) < 4.78 is 10.2. The molecule has 2 N–H and O–H groups in total. The van der Waals surface area contributed by atoms with Crippen LogP contribution < -0.4 is 10.6 Å². The molecule has 0 unspecified atom stereocenters. The van der Waals surface area contributed by atoms with Crippen molar-refractivity contribution in [2.24, 2.45) is 0 Å². The predicted molar refractivity (Wildman–Crippen MR) is 74.6 cm³/mol. The lowest BCUT2D eigenvalue weighted by molar-refractivity contribution is -0.120. The van der Waals surface area contributed by atoms with Crippen molar-refractivity contribution in [1.82, 2.24) is 10.6 Å². The van der Waals surface area contributed by atoms with Gasteiger partial charge in [-0.05, 0) is 26.3 Å². The van der Waals surface area contributed by atoms with Crippen LogP contribution in [-0.4, -0.2) is 38.6 Å². The smallest absolute Gasteiger partial charge is 0.254 e. The van der Waals surface area contributed by atoms with Crippen molar-refractivity contribution in [2.45, 2.75) is 26.7 Å². The molecule has 1 rings (SSSR count). The Balaban J connectivity index is 2.22. The fourth-order valence-corrected chi connectivity index (χ4v) is 1.77. The maximum absolute atomic E-state index is 11.8. The molecule has 0 radical (unpaired) electrons. The van der Waals surface area contributed by atoms with Gasteiger partial charge in [-0.3, -0.25) is 9.59 Å². The third kappa shape index (κ3) is 5.44. The average Bonchev–Trinajstić information content (AvgIpc) is 2.74. The summed E-state index contributed by atoms with van der Waals surface area (Å²) in [5.41, 5.74) is 0.517. The predicted octanol–water partition coefficient (Wildman–Crippen LogP) is 1.17. The van der Waals surface area contributed by atoms with E-state index in [-0.39, 0.29) is 18.2 Å². The molecule has 6 heteroatoms. The summed E-state index contributed by atoms with van der Waals surface area (Å²) in [6.07, 6.45) is 1.04. The van der Waals surface area contributed by atoms with Gasteiger partial charge in [0.2, 0.25) is 5.91 Å². The number of amides is 2. The standard InChI is InChI=1S/C14H22N2O4/c1-10-9-12(11(2)20-10)14(18)16-7-5-13(17)15-6-4-8-19-3/h9H,4-8H2,1-3H3,(H,15,17)(H,16,18). The first-order valence-electron chi connectivity index (χ1n) is 6.65. The molecule has 20 heavy (non-hydrogen) atoms. The minimum Gasteiger partial charge on any atom is -0.466 e. The van der Waals surface area contributed by atoms with E-state index in [1.165, 1.54) is 0 Å². The lowest BCUT2D eigenvalue weighted by Gasteiger charge is -2.06. The van der Waals surface area contributed by atoms with Crippen LogP contribution in [0.2, 0.25) is 0 Å². The number of nitrogens with one attached hydrogen (secondary N) is 2. The van der Waals surface area contributed by atoms with Crippen LogP contribution in [0, 0.1) is 13.8 Å². The van der Waals surface area contributed by atoms with E-state index >= 15 is 0 Å². The number of rotatable bonds is 8. The minimum absolute atomic E-state index is 0.0819. The molecule has 0 aliphatic carbocycles. The first-order chi connectivity index (χ1) is 9.54. The van der Waals surface area contributed by atoms with Crippen LogP contribution in [0.15, 0.2) is 10.5 Å². The van der Waals surface area contributed by atoms with Gasteiger partial charge in [0.15, 0.2) is 0 Å². The van der Waals surface area contributed by atoms with Gasteiger partial charge in [0, 0.05) is 33.2 Å². The maximum atomic E-state index is 11.8. The van der Waals surface area contributed by atoms with Crippen LogP contribution in [0.25, 0.3) is 0 Å². The van der Waals surface area contributed by atoms with Crippen LogP contribution in [-0.2, 0) is 9.53 Å². The van der Waals surface area contributed by atoms with Gasteiger partial charge in [0.1, 0.15) is 11.5 Å². The number of methoxy groups -OCH3 is 1. The maximum Gasteiger partial charge on any atom is 0.254 e. The van der Waals surface area contributed by atoms with Crippen LogP contribution >= 0.6 is 0 Å². The minimum atomic E-state index is -0.216. The number of furan rings is 1. The number of hydrogen-bond donors (Lipinski definition) is 2. The fourth-order valence-electron chi connectivity index (χ4n) is 1.77. The van der Waals surface area contributed by atoms with Crippen molar-refractivity contribution in [2.75, 3.05) is 26.8 Å². The van der Waals surface area contributed by atoms with Gasteiger partial charge < -0.3 is 19.8 Å². The third-order valence-corrected chi connectivity index (χ3v) is 2.77. The van der Waals surface area contributed by atoms with Gasteiger partial charge in [0.05, 0.1) is 5.56 Å². The third-order valence-electron chi connectivity index (χ3n) is 2.77. The van der Waals surface area contributed by atoms with Crippen LogP contribution in [0.3, 0.4) is 0 Å². The molecule has 0 spiro atoms. The zero-order valence-electron chi connectivity index (χ0n) is 12.2. The number of ether oxygens (including phenoxy) is 1. The number of carbonyl (C=O) groups is 2. The highest BCUT2D eigenvalue weighted by atomic mass is 16.5. The average molecular weight is 282 g/mol. The summed E-state index contributed by atoms with van der Waals surface area (Å²) in [6, 6.07) is 1.69. The zero-order valence-corrected chi connectivity index (χ0v) is 12.2. The molecule has 2 amide bonds. The van der Waals surface area contributed by atoms with Gasteiger partial charge in [0.25, 0.3) is 5.91 Å². The summed E-state index contributed by atoms with van der Waals surface area (Å²) in [5.74, 6) is 0.987. The highest BCUT2D eigenvalue weighted by Crippen LogP contribution is 2.13. The first-order valence-corrected chi connectivity index (χ1v) is 6.65. The molecule has 0 aliphatic rings. The molecular formula is C14H22N2O4. The van der Waals surface area contributed by atoms with Crippen molar-refractivity contribution in [3.8, 4) is 0 Å². The highest BCUT2D eigenvalue weighted by Gasteiger charge is 2.13. The second-order valence-electron chi connectivity index (χ2n) is 4.53. The van der Waals surface area contributed by atoms with Gasteiger partial charge >= 0.3 is 0 Å². The molecule has 0 fully saturated rings. The van der Waals surface area contributed by atoms with Gasteiger partial charge in [-0.2, -0.15) is 0 Å². The molecule has 0 saturated carbocycles. The lowest BCUT2D eigenvalue weighted by atomic mass is 10.2. The van der Waals surface area contributed by atoms with E-state index in [9.17, 15) is 9.59 Å². The Hall–Kier alpha value is -1.82. The summed E-state index contributed by atoms with van der Waals surface area (Å²) in [5, 5.41) is 5.46. The molecule has 0 aromatic carbocycles. The molecule has 1 aromatic heterocycles. The second-order valence-corrected chi connectivity index (χ2v) is 4.53. The number of aryl methyl sites for hydroxylation is 2. The second kappa shape index (κ2) is 8.37. The molecule has 112 valence electrons. The first kappa shape index (κ1) is 16.2. The van der Waals surface area contributed by atoms with Crippen molar-refractivity contribution in [3.05, 3.63) is 23.2 Å². The molecule has 0 aliphatic heterocycles. The van der Waals surface area contributed by atoms with Crippen molar-refractivity contribution in [3.63, 3.8) is 0 Å².